The highest BCUT2D eigenvalue weighted by molar-refractivity contribution is 5.83. The summed E-state index contributed by atoms with van der Waals surface area (Å²) < 4.78 is 5.85. The van der Waals surface area contributed by atoms with Gasteiger partial charge in [-0.2, -0.15) is 0 Å². The van der Waals surface area contributed by atoms with E-state index in [4.69, 9.17) is 10.5 Å². The number of carboxylic acids is 1. The highest BCUT2D eigenvalue weighted by atomic mass is 16.5. The Bertz CT molecular complexity index is 926. The molecule has 0 fully saturated rings. The van der Waals surface area contributed by atoms with Gasteiger partial charge in [-0.3, -0.25) is 9.59 Å². The average Bonchev–Trinajstić information content (AvgIpc) is 3.10. The molecule has 2 atom stereocenters. The summed E-state index contributed by atoms with van der Waals surface area (Å²) in [5.41, 5.74) is 5.46. The number of rotatable bonds is 36. The maximum Gasteiger partial charge on any atom is 0.326 e. The van der Waals surface area contributed by atoms with Crippen molar-refractivity contribution in [3.63, 3.8) is 0 Å². The third kappa shape index (κ3) is 33.8. The minimum atomic E-state index is -1.02. The van der Waals surface area contributed by atoms with Gasteiger partial charge in [-0.25, -0.2) is 4.79 Å². The molecule has 0 aliphatic rings. The van der Waals surface area contributed by atoms with Gasteiger partial charge in [-0.15, -0.1) is 0 Å². The SMILES string of the molecule is CCCC/C=C\C(CCCCCCC(=O)NC(CCCN)C(=O)O)OC(=O)CCCCCCCC/C=C\C/C=C\C/C=C\CCCCCCC. The van der Waals surface area contributed by atoms with Crippen molar-refractivity contribution < 1.29 is 24.2 Å². The van der Waals surface area contributed by atoms with Gasteiger partial charge in [0.15, 0.2) is 0 Å². The van der Waals surface area contributed by atoms with Gasteiger partial charge in [0, 0.05) is 12.8 Å². The van der Waals surface area contributed by atoms with Crippen LogP contribution in [0.3, 0.4) is 0 Å². The summed E-state index contributed by atoms with van der Waals surface area (Å²) in [7, 11) is 0. The van der Waals surface area contributed by atoms with Crippen molar-refractivity contribution in [2.75, 3.05) is 6.54 Å². The van der Waals surface area contributed by atoms with Gasteiger partial charge in [0.25, 0.3) is 0 Å². The number of esters is 1. The van der Waals surface area contributed by atoms with Crippen LogP contribution in [-0.2, 0) is 19.1 Å². The summed E-state index contributed by atoms with van der Waals surface area (Å²) in [6.07, 6.45) is 44.8. The van der Waals surface area contributed by atoms with Crippen LogP contribution in [0.4, 0.5) is 0 Å². The van der Waals surface area contributed by atoms with Crippen LogP contribution in [0, 0.1) is 0 Å². The number of amides is 1. The fourth-order valence-corrected chi connectivity index (χ4v) is 5.70. The first kappa shape index (κ1) is 47.3. The van der Waals surface area contributed by atoms with Gasteiger partial charge < -0.3 is 20.9 Å². The number of carbonyl (C=O) groups excluding carboxylic acids is 2. The number of hydrogen-bond acceptors (Lipinski definition) is 5. The lowest BCUT2D eigenvalue weighted by atomic mass is 10.1. The minimum Gasteiger partial charge on any atom is -0.480 e. The molecule has 50 heavy (non-hydrogen) atoms. The van der Waals surface area contributed by atoms with E-state index in [0.717, 1.165) is 83.5 Å². The molecule has 0 aromatic rings. The second-order valence-electron chi connectivity index (χ2n) is 13.7. The number of aliphatic carboxylic acids is 1. The van der Waals surface area contributed by atoms with E-state index in [1.807, 2.05) is 0 Å². The van der Waals surface area contributed by atoms with Crippen LogP contribution in [-0.4, -0.2) is 41.6 Å². The lowest BCUT2D eigenvalue weighted by Gasteiger charge is -2.15. The summed E-state index contributed by atoms with van der Waals surface area (Å²) >= 11 is 0. The number of carboxylic acid groups (broad SMARTS) is 1. The molecule has 4 N–H and O–H groups in total. The summed E-state index contributed by atoms with van der Waals surface area (Å²) in [5.74, 6) is -1.36. The van der Waals surface area contributed by atoms with Gasteiger partial charge in [-0.05, 0) is 96.1 Å². The van der Waals surface area contributed by atoms with Gasteiger partial charge in [0.05, 0.1) is 0 Å². The van der Waals surface area contributed by atoms with Gasteiger partial charge in [-0.1, -0.05) is 133 Å². The van der Waals surface area contributed by atoms with Crippen molar-refractivity contribution in [2.24, 2.45) is 5.73 Å². The van der Waals surface area contributed by atoms with E-state index in [0.29, 0.717) is 38.6 Å². The lowest BCUT2D eigenvalue weighted by Crippen LogP contribution is -2.40. The first-order valence-corrected chi connectivity index (χ1v) is 20.5. The molecule has 0 saturated carbocycles. The molecule has 7 nitrogen and oxygen atoms in total. The number of ether oxygens (including phenoxy) is 1. The quantitative estimate of drug-likeness (QED) is 0.0340. The maximum atomic E-state index is 12.6. The largest absolute Gasteiger partial charge is 0.480 e. The number of nitrogens with one attached hydrogen (secondary N) is 1. The molecule has 0 aliphatic heterocycles. The van der Waals surface area contributed by atoms with Crippen LogP contribution >= 0.6 is 0 Å². The number of hydrogen-bond donors (Lipinski definition) is 3. The monoisotopic (exact) mass is 701 g/mol. The lowest BCUT2D eigenvalue weighted by molar-refractivity contribution is -0.147. The summed E-state index contributed by atoms with van der Waals surface area (Å²) in [4.78, 5) is 36.1. The second-order valence-corrected chi connectivity index (χ2v) is 13.7. The molecule has 1 amide bonds. The second kappa shape index (κ2) is 37.6. The zero-order chi connectivity index (χ0) is 36.8. The van der Waals surface area contributed by atoms with Crippen molar-refractivity contribution in [3.8, 4) is 0 Å². The van der Waals surface area contributed by atoms with E-state index >= 15 is 0 Å². The van der Waals surface area contributed by atoms with Crippen molar-refractivity contribution in [1.82, 2.24) is 5.32 Å². The molecule has 0 aliphatic carbocycles. The third-order valence-electron chi connectivity index (χ3n) is 8.85. The Kier molecular flexibility index (Phi) is 35.6. The van der Waals surface area contributed by atoms with Crippen LogP contribution in [0.2, 0.25) is 0 Å². The molecule has 0 aromatic heterocycles. The maximum absolute atomic E-state index is 12.6. The van der Waals surface area contributed by atoms with Crippen LogP contribution in [0.1, 0.15) is 187 Å². The summed E-state index contributed by atoms with van der Waals surface area (Å²) in [6.45, 7) is 4.83. The van der Waals surface area contributed by atoms with Crippen LogP contribution in [0.5, 0.6) is 0 Å². The van der Waals surface area contributed by atoms with Crippen LogP contribution in [0.25, 0.3) is 0 Å². The Morgan fingerprint density at radius 3 is 1.72 bits per heavy atom. The Labute approximate surface area is 307 Å². The van der Waals surface area contributed by atoms with E-state index in [9.17, 15) is 19.5 Å². The molecule has 0 radical (unpaired) electrons. The van der Waals surface area contributed by atoms with Crippen LogP contribution in [0.15, 0.2) is 48.6 Å². The molecule has 0 bridgehead atoms. The molecule has 288 valence electrons. The number of carbonyl (C=O) groups is 3. The third-order valence-corrected chi connectivity index (χ3v) is 8.85. The Morgan fingerprint density at radius 2 is 1.12 bits per heavy atom. The normalized spacial score (nSPS) is 13.2. The molecule has 0 aromatic carbocycles. The molecule has 2 unspecified atom stereocenters. The zero-order valence-electron chi connectivity index (χ0n) is 32.2. The Balaban J connectivity index is 4.02. The molecule has 0 spiro atoms. The van der Waals surface area contributed by atoms with Gasteiger partial charge >= 0.3 is 11.9 Å². The predicted molar refractivity (Wildman–Crippen MR) is 211 cm³/mol. The standard InChI is InChI=1S/C43H76N2O5/c1-3-5-7-9-10-11-12-13-14-15-16-17-18-19-20-21-22-23-24-25-31-37-42(47)50-39(33-28-8-6-4-2)34-29-26-27-30-36-41(46)45-40(43(48)49)35-32-38-44/h12-13,15-16,18-19,28,33,39-40H,3-11,14,17,20-27,29-32,34-38,44H2,1-2H3,(H,45,46)(H,48,49)/b13-12-,16-15-,19-18-,33-28-. The first-order chi connectivity index (χ1) is 24.4. The Morgan fingerprint density at radius 1 is 0.600 bits per heavy atom. The van der Waals surface area contributed by atoms with Crippen LogP contribution < -0.4 is 11.1 Å². The fourth-order valence-electron chi connectivity index (χ4n) is 5.70. The van der Waals surface area contributed by atoms with Crippen molar-refractivity contribution in [1.29, 1.82) is 0 Å². The summed E-state index contributed by atoms with van der Waals surface area (Å²) in [6, 6.07) is -0.871. The van der Waals surface area contributed by atoms with Crippen molar-refractivity contribution in [2.45, 2.75) is 199 Å². The predicted octanol–water partition coefficient (Wildman–Crippen LogP) is 11.2. The molecular formula is C43H76N2O5. The van der Waals surface area contributed by atoms with Crippen molar-refractivity contribution in [3.05, 3.63) is 48.6 Å². The molecule has 0 rings (SSSR count). The van der Waals surface area contributed by atoms with E-state index in [-0.39, 0.29) is 18.0 Å². The summed E-state index contributed by atoms with van der Waals surface area (Å²) in [5, 5.41) is 11.9. The number of unbranched alkanes of at least 4 members (excludes halogenated alkanes) is 16. The molecule has 0 heterocycles. The molecule has 0 saturated heterocycles. The van der Waals surface area contributed by atoms with Gasteiger partial charge in [0.1, 0.15) is 12.1 Å². The molecular weight excluding hydrogens is 624 g/mol. The van der Waals surface area contributed by atoms with E-state index < -0.39 is 12.0 Å². The van der Waals surface area contributed by atoms with Gasteiger partial charge in [0.2, 0.25) is 5.91 Å². The van der Waals surface area contributed by atoms with E-state index in [1.165, 1.54) is 57.8 Å². The number of allylic oxidation sites excluding steroid dienone is 7. The smallest absolute Gasteiger partial charge is 0.326 e. The number of nitrogens with two attached hydrogens (primary N) is 1. The first-order valence-electron chi connectivity index (χ1n) is 20.5. The minimum absolute atomic E-state index is 0.109. The van der Waals surface area contributed by atoms with Crippen molar-refractivity contribution >= 4 is 17.8 Å². The van der Waals surface area contributed by atoms with E-state index in [2.05, 4.69) is 67.8 Å². The fraction of sp³-hybridized carbons (Fsp3) is 0.744. The molecule has 7 heteroatoms. The highest BCUT2D eigenvalue weighted by Crippen LogP contribution is 2.15. The average molecular weight is 701 g/mol. The topological polar surface area (TPSA) is 119 Å². The zero-order valence-corrected chi connectivity index (χ0v) is 32.2. The Hall–Kier alpha value is -2.67. The highest BCUT2D eigenvalue weighted by Gasteiger charge is 2.19. The van der Waals surface area contributed by atoms with E-state index in [1.54, 1.807) is 0 Å².